The highest BCUT2D eigenvalue weighted by Gasteiger charge is 2.25. The second-order valence-electron chi connectivity index (χ2n) is 5.18. The van der Waals surface area contributed by atoms with Crippen LogP contribution in [0.4, 0.5) is 5.69 Å². The summed E-state index contributed by atoms with van der Waals surface area (Å²) >= 11 is 0. The number of carbonyl (C=O) groups is 2. The van der Waals surface area contributed by atoms with E-state index >= 15 is 0 Å². The average molecular weight is 295 g/mol. The normalized spacial score (nSPS) is 10.5. The molecule has 0 aliphatic carbocycles. The van der Waals surface area contributed by atoms with E-state index in [-0.39, 0.29) is 18.4 Å². The summed E-state index contributed by atoms with van der Waals surface area (Å²) in [6.07, 6.45) is 0.769. The van der Waals surface area contributed by atoms with E-state index < -0.39 is 0 Å². The number of nitrogen functional groups attached to an aromatic ring is 1. The summed E-state index contributed by atoms with van der Waals surface area (Å²) < 4.78 is 1.59. The second kappa shape index (κ2) is 7.10. The van der Waals surface area contributed by atoms with E-state index in [1.165, 1.54) is 9.80 Å². The van der Waals surface area contributed by atoms with Crippen molar-refractivity contribution in [3.8, 4) is 0 Å². The van der Waals surface area contributed by atoms with Gasteiger partial charge in [-0.15, -0.1) is 0 Å². The molecule has 2 N–H and O–H groups in total. The highest BCUT2D eigenvalue weighted by atomic mass is 16.2. The Morgan fingerprint density at radius 3 is 2.38 bits per heavy atom. The lowest BCUT2D eigenvalue weighted by molar-refractivity contribution is -0.129. The van der Waals surface area contributed by atoms with Crippen LogP contribution in [0.3, 0.4) is 0 Å². The number of hydrogen-bond donors (Lipinski definition) is 1. The van der Waals surface area contributed by atoms with Crippen LogP contribution in [0.5, 0.6) is 0 Å². The van der Waals surface area contributed by atoms with Gasteiger partial charge in [0.25, 0.3) is 5.91 Å². The zero-order valence-corrected chi connectivity index (χ0v) is 13.5. The van der Waals surface area contributed by atoms with Crippen molar-refractivity contribution < 1.29 is 9.59 Å². The first kappa shape index (κ1) is 17.0. The Morgan fingerprint density at radius 2 is 1.90 bits per heavy atom. The second-order valence-corrected chi connectivity index (χ2v) is 5.18. The van der Waals surface area contributed by atoms with Crippen LogP contribution in [-0.2, 0) is 11.3 Å². The van der Waals surface area contributed by atoms with Crippen molar-refractivity contribution in [1.29, 1.82) is 0 Å². The van der Waals surface area contributed by atoms with Gasteiger partial charge in [-0.1, -0.05) is 6.92 Å². The molecule has 1 aromatic heterocycles. The van der Waals surface area contributed by atoms with Gasteiger partial charge in [-0.2, -0.15) is 5.10 Å². The molecule has 1 heterocycles. The van der Waals surface area contributed by atoms with Crippen LogP contribution in [0.1, 0.15) is 36.5 Å². The number of aryl methyl sites for hydroxylation is 2. The molecule has 0 saturated heterocycles. The smallest absolute Gasteiger partial charge is 0.274 e. The summed E-state index contributed by atoms with van der Waals surface area (Å²) in [4.78, 5) is 27.6. The van der Waals surface area contributed by atoms with Gasteiger partial charge in [-0.05, 0) is 20.3 Å². The Bertz CT molecular complexity index is 522. The molecule has 0 radical (unpaired) electrons. The van der Waals surface area contributed by atoms with Crippen molar-refractivity contribution in [3.05, 3.63) is 11.4 Å². The lowest BCUT2D eigenvalue weighted by Crippen LogP contribution is -2.41. The largest absolute Gasteiger partial charge is 0.395 e. The quantitative estimate of drug-likeness (QED) is 0.838. The molecule has 0 fully saturated rings. The molecule has 0 bridgehead atoms. The Labute approximate surface area is 125 Å². The Hall–Kier alpha value is -2.05. The van der Waals surface area contributed by atoms with Gasteiger partial charge >= 0.3 is 0 Å². The molecule has 0 unspecified atom stereocenters. The van der Waals surface area contributed by atoms with Crippen LogP contribution in [0.15, 0.2) is 0 Å². The standard InChI is InChI=1S/C14H25N5O2/c1-6-8-18(9-11(20)17(4)5)14(21)13-12(15)10(3)16-19(13)7-2/h6-9,15H2,1-5H3. The maximum atomic E-state index is 12.7. The van der Waals surface area contributed by atoms with E-state index in [2.05, 4.69) is 5.10 Å². The topological polar surface area (TPSA) is 84.5 Å². The van der Waals surface area contributed by atoms with Crippen LogP contribution >= 0.6 is 0 Å². The first-order valence-corrected chi connectivity index (χ1v) is 7.15. The molecule has 118 valence electrons. The Kier molecular flexibility index (Phi) is 5.75. The van der Waals surface area contributed by atoms with Crippen molar-refractivity contribution in [2.75, 3.05) is 32.9 Å². The van der Waals surface area contributed by atoms with Gasteiger partial charge in [0.15, 0.2) is 0 Å². The summed E-state index contributed by atoms with van der Waals surface area (Å²) in [6.45, 7) is 6.75. The average Bonchev–Trinajstić information content (AvgIpc) is 2.72. The van der Waals surface area contributed by atoms with E-state index in [0.29, 0.717) is 30.2 Å². The summed E-state index contributed by atoms with van der Waals surface area (Å²) in [5.41, 5.74) is 7.37. The van der Waals surface area contributed by atoms with Crippen molar-refractivity contribution in [2.45, 2.75) is 33.7 Å². The molecule has 0 aliphatic heterocycles. The van der Waals surface area contributed by atoms with Gasteiger partial charge in [-0.25, -0.2) is 0 Å². The van der Waals surface area contributed by atoms with E-state index in [1.807, 2.05) is 13.8 Å². The third-order valence-electron chi connectivity index (χ3n) is 3.28. The van der Waals surface area contributed by atoms with E-state index in [9.17, 15) is 9.59 Å². The summed E-state index contributed by atoms with van der Waals surface area (Å²) in [7, 11) is 3.34. The van der Waals surface area contributed by atoms with E-state index in [1.54, 1.807) is 25.7 Å². The minimum Gasteiger partial charge on any atom is -0.395 e. The molecule has 21 heavy (non-hydrogen) atoms. The number of nitrogens with zero attached hydrogens (tertiary/aromatic N) is 4. The number of likely N-dealkylation sites (N-methyl/N-ethyl adjacent to an activating group) is 1. The monoisotopic (exact) mass is 295 g/mol. The van der Waals surface area contributed by atoms with Gasteiger partial charge in [0.05, 0.1) is 11.4 Å². The molecule has 0 spiro atoms. The van der Waals surface area contributed by atoms with Crippen LogP contribution < -0.4 is 5.73 Å². The van der Waals surface area contributed by atoms with E-state index in [0.717, 1.165) is 6.42 Å². The summed E-state index contributed by atoms with van der Waals surface area (Å²) in [5.74, 6) is -0.360. The molecule has 0 atom stereocenters. The molecule has 2 amide bonds. The molecule has 1 rings (SSSR count). The van der Waals surface area contributed by atoms with Crippen LogP contribution in [0.2, 0.25) is 0 Å². The molecule has 7 nitrogen and oxygen atoms in total. The van der Waals surface area contributed by atoms with Crippen molar-refractivity contribution in [2.24, 2.45) is 0 Å². The lowest BCUT2D eigenvalue weighted by atomic mass is 10.2. The third-order valence-corrected chi connectivity index (χ3v) is 3.28. The predicted molar refractivity (Wildman–Crippen MR) is 81.9 cm³/mol. The van der Waals surface area contributed by atoms with Gasteiger partial charge in [0.2, 0.25) is 5.91 Å². The third kappa shape index (κ3) is 3.74. The summed E-state index contributed by atoms with van der Waals surface area (Å²) in [5, 5.41) is 4.26. The minimum atomic E-state index is -0.244. The molecule has 1 aromatic rings. The molecule has 7 heteroatoms. The molecule has 0 aromatic carbocycles. The maximum Gasteiger partial charge on any atom is 0.274 e. The highest BCUT2D eigenvalue weighted by molar-refractivity contribution is 5.99. The van der Waals surface area contributed by atoms with Crippen LogP contribution in [-0.4, -0.2) is 58.6 Å². The Morgan fingerprint density at radius 1 is 1.29 bits per heavy atom. The van der Waals surface area contributed by atoms with Gasteiger partial charge in [-0.3, -0.25) is 14.3 Å². The number of nitrogens with two attached hydrogens (primary N) is 1. The fourth-order valence-corrected chi connectivity index (χ4v) is 2.03. The number of hydrogen-bond acceptors (Lipinski definition) is 4. The van der Waals surface area contributed by atoms with Crippen LogP contribution in [0.25, 0.3) is 0 Å². The van der Waals surface area contributed by atoms with Gasteiger partial charge < -0.3 is 15.5 Å². The zero-order valence-electron chi connectivity index (χ0n) is 13.5. The lowest BCUT2D eigenvalue weighted by Gasteiger charge is -2.23. The molecular formula is C14H25N5O2. The van der Waals surface area contributed by atoms with E-state index in [4.69, 9.17) is 5.73 Å². The number of amides is 2. The van der Waals surface area contributed by atoms with Crippen molar-refractivity contribution in [3.63, 3.8) is 0 Å². The first-order valence-electron chi connectivity index (χ1n) is 7.15. The number of aromatic nitrogens is 2. The molecular weight excluding hydrogens is 270 g/mol. The number of anilines is 1. The highest BCUT2D eigenvalue weighted by Crippen LogP contribution is 2.18. The maximum absolute atomic E-state index is 12.7. The first-order chi connectivity index (χ1) is 9.83. The van der Waals surface area contributed by atoms with Crippen molar-refractivity contribution in [1.82, 2.24) is 19.6 Å². The fourth-order valence-electron chi connectivity index (χ4n) is 2.03. The fraction of sp³-hybridized carbons (Fsp3) is 0.643. The predicted octanol–water partition coefficient (Wildman–Crippen LogP) is 0.734. The van der Waals surface area contributed by atoms with Gasteiger partial charge in [0, 0.05) is 27.2 Å². The van der Waals surface area contributed by atoms with Crippen LogP contribution in [0, 0.1) is 6.92 Å². The number of carbonyl (C=O) groups excluding carboxylic acids is 2. The molecule has 0 aliphatic rings. The van der Waals surface area contributed by atoms with Crippen molar-refractivity contribution >= 4 is 17.5 Å². The number of rotatable bonds is 6. The minimum absolute atomic E-state index is 0.0487. The Balaban J connectivity index is 3.09. The zero-order chi connectivity index (χ0) is 16.2. The SMILES string of the molecule is CCCN(CC(=O)N(C)C)C(=O)c1c(N)c(C)nn1CC. The summed E-state index contributed by atoms with van der Waals surface area (Å²) in [6, 6.07) is 0. The van der Waals surface area contributed by atoms with Gasteiger partial charge in [0.1, 0.15) is 12.2 Å². The molecule has 0 saturated carbocycles.